The maximum atomic E-state index is 11.8. The van der Waals surface area contributed by atoms with Gasteiger partial charge in [-0.1, -0.05) is 23.7 Å². The lowest BCUT2D eigenvalue weighted by molar-refractivity contribution is -0.139. The number of rotatable bonds is 4. The number of carbonyl (C=O) groups excluding carboxylic acids is 1. The Morgan fingerprint density at radius 2 is 2.00 bits per heavy atom. The smallest absolute Gasteiger partial charge is 0.405 e. The van der Waals surface area contributed by atoms with Crippen molar-refractivity contribution in [3.63, 3.8) is 0 Å². The normalized spacial score (nSPS) is 11.1. The molecule has 0 atom stereocenters. The fourth-order valence-electron chi connectivity index (χ4n) is 0.955. The topological polar surface area (TPSA) is 38.3 Å². The van der Waals surface area contributed by atoms with Crippen molar-refractivity contribution in [3.05, 3.63) is 29.3 Å². The molecule has 0 spiro atoms. The molecule has 7 heteroatoms. The van der Waals surface area contributed by atoms with E-state index in [-0.39, 0.29) is 10.8 Å². The van der Waals surface area contributed by atoms with Crippen LogP contribution in [0, 0.1) is 0 Å². The van der Waals surface area contributed by atoms with E-state index in [1.807, 2.05) is 0 Å². The fraction of sp³-hybridized carbons (Fsp3) is 0.300. The number of nitrogens with one attached hydrogen (secondary N) is 1. The first-order valence-corrected chi connectivity index (χ1v) is 4.97. The Labute approximate surface area is 101 Å². The predicted octanol–water partition coefficient (Wildman–Crippen LogP) is 2.40. The molecule has 0 aromatic heterocycles. The third-order valence-electron chi connectivity index (χ3n) is 1.68. The number of hydrogen-bond donors (Lipinski definition) is 1. The van der Waals surface area contributed by atoms with Gasteiger partial charge in [-0.05, 0) is 12.1 Å². The molecule has 0 fully saturated rings. The minimum atomic E-state index is -4.43. The van der Waals surface area contributed by atoms with Crippen molar-refractivity contribution in [2.75, 3.05) is 13.2 Å². The Morgan fingerprint density at radius 3 is 2.59 bits per heavy atom. The van der Waals surface area contributed by atoms with Crippen LogP contribution in [0.4, 0.5) is 13.2 Å². The lowest BCUT2D eigenvalue weighted by Crippen LogP contribution is -2.36. The van der Waals surface area contributed by atoms with Gasteiger partial charge in [0.15, 0.2) is 6.61 Å². The second-order valence-electron chi connectivity index (χ2n) is 3.11. The maximum absolute atomic E-state index is 11.8. The molecule has 3 nitrogen and oxygen atoms in total. The molecule has 1 aromatic carbocycles. The van der Waals surface area contributed by atoms with E-state index in [1.165, 1.54) is 6.07 Å². The molecule has 0 aliphatic rings. The third-order valence-corrected chi connectivity index (χ3v) is 1.99. The van der Waals surface area contributed by atoms with Gasteiger partial charge in [0.2, 0.25) is 0 Å². The van der Waals surface area contributed by atoms with Crippen LogP contribution in [0.25, 0.3) is 0 Å². The standard InChI is InChI=1S/C10H9ClF3NO2/c11-7-3-1-2-4-8(7)17-5-9(16)15-6-10(12,13)14/h1-4H,5-6H2,(H,15,16). The number of para-hydroxylation sites is 1. The predicted molar refractivity (Wildman–Crippen MR) is 56.0 cm³/mol. The summed E-state index contributed by atoms with van der Waals surface area (Å²) in [5, 5.41) is 1.97. The van der Waals surface area contributed by atoms with Crippen molar-refractivity contribution in [2.45, 2.75) is 6.18 Å². The molecule has 1 amide bonds. The van der Waals surface area contributed by atoms with Crippen LogP contribution < -0.4 is 10.1 Å². The van der Waals surface area contributed by atoms with Crippen LogP contribution in [0.2, 0.25) is 5.02 Å². The Hall–Kier alpha value is -1.43. The summed E-state index contributed by atoms with van der Waals surface area (Å²) in [5.74, 6) is -0.612. The van der Waals surface area contributed by atoms with Crippen LogP contribution in [-0.4, -0.2) is 25.2 Å². The number of halogens is 4. The zero-order valence-electron chi connectivity index (χ0n) is 8.55. The first kappa shape index (κ1) is 13.6. The summed E-state index contributed by atoms with van der Waals surface area (Å²) in [5.41, 5.74) is 0. The van der Waals surface area contributed by atoms with Crippen LogP contribution in [0.5, 0.6) is 5.75 Å². The summed E-state index contributed by atoms with van der Waals surface area (Å²) in [6.07, 6.45) is -4.43. The largest absolute Gasteiger partial charge is 0.482 e. The second kappa shape index (κ2) is 5.77. The Balaban J connectivity index is 2.36. The van der Waals surface area contributed by atoms with Crippen molar-refractivity contribution in [2.24, 2.45) is 0 Å². The van der Waals surface area contributed by atoms with Gasteiger partial charge in [0.25, 0.3) is 5.91 Å². The molecule has 94 valence electrons. The highest BCUT2D eigenvalue weighted by Gasteiger charge is 2.27. The molecule has 1 rings (SSSR count). The first-order valence-electron chi connectivity index (χ1n) is 4.59. The van der Waals surface area contributed by atoms with Gasteiger partial charge in [-0.3, -0.25) is 4.79 Å². The monoisotopic (exact) mass is 267 g/mol. The highest BCUT2D eigenvalue weighted by Crippen LogP contribution is 2.22. The van der Waals surface area contributed by atoms with Crippen molar-refractivity contribution < 1.29 is 22.7 Å². The minimum absolute atomic E-state index is 0.247. The average molecular weight is 268 g/mol. The van der Waals surface area contributed by atoms with E-state index in [9.17, 15) is 18.0 Å². The van der Waals surface area contributed by atoms with Crippen LogP contribution in [-0.2, 0) is 4.79 Å². The third kappa shape index (κ3) is 5.44. The summed E-state index contributed by atoms with van der Waals surface area (Å²) in [4.78, 5) is 11.0. The van der Waals surface area contributed by atoms with Gasteiger partial charge in [-0.15, -0.1) is 0 Å². The highest BCUT2D eigenvalue weighted by molar-refractivity contribution is 6.32. The summed E-state index contributed by atoms with van der Waals surface area (Å²) < 4.78 is 40.3. The van der Waals surface area contributed by atoms with E-state index in [1.54, 1.807) is 23.5 Å². The molecule has 0 saturated heterocycles. The molecule has 1 N–H and O–H groups in total. The van der Waals surface area contributed by atoms with Crippen molar-refractivity contribution in [1.29, 1.82) is 0 Å². The van der Waals surface area contributed by atoms with E-state index < -0.39 is 25.2 Å². The number of hydrogen-bond acceptors (Lipinski definition) is 2. The van der Waals surface area contributed by atoms with Crippen LogP contribution >= 0.6 is 11.6 Å². The van der Waals surface area contributed by atoms with Gasteiger partial charge >= 0.3 is 6.18 Å². The molecule has 0 unspecified atom stereocenters. The minimum Gasteiger partial charge on any atom is -0.482 e. The van der Waals surface area contributed by atoms with E-state index in [0.29, 0.717) is 0 Å². The molecule has 0 saturated carbocycles. The lowest BCUT2D eigenvalue weighted by atomic mass is 10.3. The Kier molecular flexibility index (Phi) is 4.62. The first-order chi connectivity index (χ1) is 7.88. The number of amides is 1. The van der Waals surface area contributed by atoms with E-state index in [4.69, 9.17) is 16.3 Å². The van der Waals surface area contributed by atoms with Crippen LogP contribution in [0.3, 0.4) is 0 Å². The summed E-state index contributed by atoms with van der Waals surface area (Å²) >= 11 is 5.72. The van der Waals surface area contributed by atoms with E-state index >= 15 is 0 Å². The molecule has 0 aliphatic heterocycles. The van der Waals surface area contributed by atoms with E-state index in [2.05, 4.69) is 0 Å². The van der Waals surface area contributed by atoms with Gasteiger partial charge in [-0.2, -0.15) is 13.2 Å². The molecule has 0 aliphatic carbocycles. The molecule has 0 heterocycles. The number of benzene rings is 1. The van der Waals surface area contributed by atoms with Crippen molar-refractivity contribution >= 4 is 17.5 Å². The van der Waals surface area contributed by atoms with Gasteiger partial charge in [0, 0.05) is 0 Å². The second-order valence-corrected chi connectivity index (χ2v) is 3.52. The number of carbonyl (C=O) groups is 1. The fourth-order valence-corrected chi connectivity index (χ4v) is 1.15. The summed E-state index contributed by atoms with van der Waals surface area (Å²) in [6.45, 7) is -1.89. The van der Waals surface area contributed by atoms with Crippen LogP contribution in [0.1, 0.15) is 0 Å². The molecule has 0 bridgehead atoms. The van der Waals surface area contributed by atoms with Crippen molar-refractivity contribution in [3.8, 4) is 5.75 Å². The molecule has 0 radical (unpaired) electrons. The zero-order chi connectivity index (χ0) is 12.9. The average Bonchev–Trinajstić information content (AvgIpc) is 2.24. The highest BCUT2D eigenvalue weighted by atomic mass is 35.5. The molecular weight excluding hydrogens is 259 g/mol. The molecule has 1 aromatic rings. The van der Waals surface area contributed by atoms with Crippen molar-refractivity contribution in [1.82, 2.24) is 5.32 Å². The van der Waals surface area contributed by atoms with Crippen LogP contribution in [0.15, 0.2) is 24.3 Å². The van der Waals surface area contributed by atoms with E-state index in [0.717, 1.165) is 0 Å². The number of ether oxygens (including phenoxy) is 1. The maximum Gasteiger partial charge on any atom is 0.405 e. The summed E-state index contributed by atoms with van der Waals surface area (Å²) in [7, 11) is 0. The Bertz CT molecular complexity index is 395. The Morgan fingerprint density at radius 1 is 1.35 bits per heavy atom. The lowest BCUT2D eigenvalue weighted by Gasteiger charge is -2.10. The van der Waals surface area contributed by atoms with Gasteiger partial charge < -0.3 is 10.1 Å². The van der Waals surface area contributed by atoms with Gasteiger partial charge in [-0.25, -0.2) is 0 Å². The number of alkyl halides is 3. The van der Waals surface area contributed by atoms with Gasteiger partial charge in [0.1, 0.15) is 12.3 Å². The molecule has 17 heavy (non-hydrogen) atoms. The molecular formula is C10H9ClF3NO2. The quantitative estimate of drug-likeness (QED) is 0.910. The zero-order valence-corrected chi connectivity index (χ0v) is 9.31. The van der Waals surface area contributed by atoms with Gasteiger partial charge in [0.05, 0.1) is 5.02 Å². The SMILES string of the molecule is O=C(COc1ccccc1Cl)NCC(F)(F)F. The summed E-state index contributed by atoms with van der Waals surface area (Å²) in [6, 6.07) is 6.36.